The molecule has 0 radical (unpaired) electrons. The van der Waals surface area contributed by atoms with Crippen LogP contribution in [0.4, 0.5) is 13.2 Å². The number of rotatable bonds is 4. The molecule has 0 amide bonds. The highest BCUT2D eigenvalue weighted by molar-refractivity contribution is 5.11. The minimum absolute atomic E-state index is 0.359. The number of hydrogen-bond acceptors (Lipinski definition) is 2. The van der Waals surface area contributed by atoms with Gasteiger partial charge in [-0.25, -0.2) is 0 Å². The van der Waals surface area contributed by atoms with E-state index in [1.165, 1.54) is 6.92 Å². The number of pyridine rings is 1. The molecule has 0 aliphatic heterocycles. The summed E-state index contributed by atoms with van der Waals surface area (Å²) in [6.07, 6.45) is -3.24. The Labute approximate surface area is 92.9 Å². The van der Waals surface area contributed by atoms with Gasteiger partial charge in [-0.3, -0.25) is 4.98 Å². The second-order valence-electron chi connectivity index (χ2n) is 3.93. The lowest BCUT2D eigenvalue weighted by Gasteiger charge is -2.15. The zero-order valence-corrected chi connectivity index (χ0v) is 9.30. The van der Waals surface area contributed by atoms with Crippen LogP contribution in [0, 0.1) is 6.92 Å². The fraction of sp³-hybridized carbons (Fsp3) is 0.545. The first-order valence-electron chi connectivity index (χ1n) is 5.08. The molecular weight excluding hydrogens is 217 g/mol. The van der Waals surface area contributed by atoms with E-state index in [2.05, 4.69) is 10.3 Å². The summed E-state index contributed by atoms with van der Waals surface area (Å²) in [5.74, 6) is 0. The Morgan fingerprint density at radius 3 is 2.56 bits per heavy atom. The molecule has 2 nitrogen and oxygen atoms in total. The van der Waals surface area contributed by atoms with Crippen LogP contribution in [0.25, 0.3) is 0 Å². The average Bonchev–Trinajstić information content (AvgIpc) is 2.14. The van der Waals surface area contributed by atoms with E-state index in [-0.39, 0.29) is 0 Å². The van der Waals surface area contributed by atoms with Crippen LogP contribution in [0.1, 0.15) is 24.6 Å². The molecule has 90 valence electrons. The number of aryl methyl sites for hydroxylation is 1. The highest BCUT2D eigenvalue weighted by atomic mass is 19.4. The lowest BCUT2D eigenvalue weighted by atomic mass is 10.2. The van der Waals surface area contributed by atoms with Crippen LogP contribution in [-0.4, -0.2) is 17.2 Å². The van der Waals surface area contributed by atoms with Gasteiger partial charge in [0.15, 0.2) is 0 Å². The summed E-state index contributed by atoms with van der Waals surface area (Å²) in [7, 11) is 0. The van der Waals surface area contributed by atoms with Crippen molar-refractivity contribution in [1.29, 1.82) is 0 Å². The predicted octanol–water partition coefficient (Wildman–Crippen LogP) is 2.82. The van der Waals surface area contributed by atoms with E-state index in [1.54, 1.807) is 6.20 Å². The fourth-order valence-electron chi connectivity index (χ4n) is 1.30. The quantitative estimate of drug-likeness (QED) is 0.863. The molecule has 1 heterocycles. The van der Waals surface area contributed by atoms with E-state index in [9.17, 15) is 13.2 Å². The van der Waals surface area contributed by atoms with Crippen molar-refractivity contribution in [3.05, 3.63) is 29.6 Å². The van der Waals surface area contributed by atoms with E-state index in [0.717, 1.165) is 11.3 Å². The second-order valence-corrected chi connectivity index (χ2v) is 3.93. The van der Waals surface area contributed by atoms with Gasteiger partial charge in [-0.2, -0.15) is 13.2 Å². The molecular formula is C11H15F3N2. The van der Waals surface area contributed by atoms with Gasteiger partial charge in [-0.1, -0.05) is 6.07 Å². The van der Waals surface area contributed by atoms with Crippen LogP contribution in [0.3, 0.4) is 0 Å². The Hall–Kier alpha value is -1.10. The van der Waals surface area contributed by atoms with Crippen LogP contribution in [0.15, 0.2) is 18.3 Å². The van der Waals surface area contributed by atoms with Crippen LogP contribution in [0.2, 0.25) is 0 Å². The van der Waals surface area contributed by atoms with Crippen molar-refractivity contribution in [3.8, 4) is 0 Å². The maximum absolute atomic E-state index is 12.0. The van der Waals surface area contributed by atoms with E-state index in [1.807, 2.05) is 19.1 Å². The maximum Gasteiger partial charge on any atom is 0.390 e. The molecule has 0 aliphatic carbocycles. The lowest BCUT2D eigenvalue weighted by Crippen LogP contribution is -2.30. The van der Waals surface area contributed by atoms with Crippen LogP contribution < -0.4 is 5.32 Å². The molecule has 0 bridgehead atoms. The predicted molar refractivity (Wildman–Crippen MR) is 55.9 cm³/mol. The van der Waals surface area contributed by atoms with Crippen LogP contribution in [-0.2, 0) is 6.54 Å². The molecule has 0 spiro atoms. The van der Waals surface area contributed by atoms with Crippen molar-refractivity contribution in [1.82, 2.24) is 10.3 Å². The van der Waals surface area contributed by atoms with Crippen molar-refractivity contribution in [2.24, 2.45) is 0 Å². The third-order valence-corrected chi connectivity index (χ3v) is 2.14. The number of nitrogens with one attached hydrogen (secondary N) is 1. The number of halogens is 3. The summed E-state index contributed by atoms with van der Waals surface area (Å²) in [6, 6.07) is 3.10. The van der Waals surface area contributed by atoms with Gasteiger partial charge < -0.3 is 5.32 Å². The molecule has 0 aliphatic rings. The van der Waals surface area contributed by atoms with Crippen LogP contribution >= 0.6 is 0 Å². The van der Waals surface area contributed by atoms with Gasteiger partial charge in [-0.15, -0.1) is 0 Å². The molecule has 5 heteroatoms. The molecule has 0 fully saturated rings. The number of hydrogen-bond donors (Lipinski definition) is 1. The van der Waals surface area contributed by atoms with Crippen molar-refractivity contribution in [2.75, 3.05) is 0 Å². The number of alkyl halides is 3. The molecule has 1 atom stereocenters. The van der Waals surface area contributed by atoms with Gasteiger partial charge in [-0.05, 0) is 25.5 Å². The molecule has 16 heavy (non-hydrogen) atoms. The largest absolute Gasteiger partial charge is 0.390 e. The zero-order valence-electron chi connectivity index (χ0n) is 9.30. The molecule has 0 saturated carbocycles. The van der Waals surface area contributed by atoms with Gasteiger partial charge in [0, 0.05) is 18.8 Å². The summed E-state index contributed by atoms with van der Waals surface area (Å²) in [5.41, 5.74) is 1.78. The number of nitrogens with zero attached hydrogens (tertiary/aromatic N) is 1. The number of aromatic nitrogens is 1. The van der Waals surface area contributed by atoms with Gasteiger partial charge >= 0.3 is 6.18 Å². The molecule has 0 aromatic carbocycles. The fourth-order valence-corrected chi connectivity index (χ4v) is 1.30. The average molecular weight is 232 g/mol. The topological polar surface area (TPSA) is 24.9 Å². The highest BCUT2D eigenvalue weighted by Crippen LogP contribution is 2.21. The summed E-state index contributed by atoms with van der Waals surface area (Å²) >= 11 is 0. The Bertz CT molecular complexity index is 319. The SMILES string of the molecule is Cc1ccc(CNC(C)CC(F)(F)F)nc1. The summed E-state index contributed by atoms with van der Waals surface area (Å²) < 4.78 is 36.1. The van der Waals surface area contributed by atoms with Crippen molar-refractivity contribution < 1.29 is 13.2 Å². The molecule has 1 N–H and O–H groups in total. The lowest BCUT2D eigenvalue weighted by molar-refractivity contribution is -0.139. The normalized spacial score (nSPS) is 13.8. The van der Waals surface area contributed by atoms with Crippen molar-refractivity contribution in [3.63, 3.8) is 0 Å². The molecule has 1 unspecified atom stereocenters. The minimum Gasteiger partial charge on any atom is -0.308 e. The molecule has 1 rings (SSSR count). The standard InChI is InChI=1S/C11H15F3N2/c1-8-3-4-10(16-6-8)7-15-9(2)5-11(12,13)14/h3-4,6,9,15H,5,7H2,1-2H3. The third-order valence-electron chi connectivity index (χ3n) is 2.14. The first kappa shape index (κ1) is 13.0. The van der Waals surface area contributed by atoms with Crippen molar-refractivity contribution >= 4 is 0 Å². The minimum atomic E-state index is -4.12. The molecule has 1 aromatic heterocycles. The monoisotopic (exact) mass is 232 g/mol. The second kappa shape index (κ2) is 5.30. The Balaban J connectivity index is 2.37. The first-order chi connectivity index (χ1) is 7.37. The zero-order chi connectivity index (χ0) is 12.2. The van der Waals surface area contributed by atoms with Gasteiger partial charge in [0.25, 0.3) is 0 Å². The van der Waals surface area contributed by atoms with E-state index >= 15 is 0 Å². The van der Waals surface area contributed by atoms with E-state index < -0.39 is 18.6 Å². The van der Waals surface area contributed by atoms with Gasteiger partial charge in [0.2, 0.25) is 0 Å². The summed E-state index contributed by atoms with van der Waals surface area (Å²) in [4.78, 5) is 4.10. The van der Waals surface area contributed by atoms with Crippen molar-refractivity contribution in [2.45, 2.75) is 39.0 Å². The van der Waals surface area contributed by atoms with E-state index in [0.29, 0.717) is 6.54 Å². The third kappa shape index (κ3) is 5.11. The van der Waals surface area contributed by atoms with Gasteiger partial charge in [0.1, 0.15) is 0 Å². The van der Waals surface area contributed by atoms with Gasteiger partial charge in [0.05, 0.1) is 12.1 Å². The summed E-state index contributed by atoms with van der Waals surface area (Å²) in [6.45, 7) is 3.79. The van der Waals surface area contributed by atoms with E-state index in [4.69, 9.17) is 0 Å². The maximum atomic E-state index is 12.0. The smallest absolute Gasteiger partial charge is 0.308 e. The van der Waals surface area contributed by atoms with Crippen LogP contribution in [0.5, 0.6) is 0 Å². The Kier molecular flexibility index (Phi) is 4.29. The Morgan fingerprint density at radius 2 is 2.06 bits per heavy atom. The first-order valence-corrected chi connectivity index (χ1v) is 5.08. The highest BCUT2D eigenvalue weighted by Gasteiger charge is 2.29. The molecule has 1 aromatic rings. The summed E-state index contributed by atoms with van der Waals surface area (Å²) in [5, 5.41) is 2.79. The molecule has 0 saturated heterocycles. The Morgan fingerprint density at radius 1 is 1.38 bits per heavy atom.